The van der Waals surface area contributed by atoms with Crippen LogP contribution in [-0.4, -0.2) is 25.7 Å². The number of rotatable bonds is 8. The highest BCUT2D eigenvalue weighted by atomic mass is 32.2. The molecule has 0 fully saturated rings. The van der Waals surface area contributed by atoms with E-state index >= 15 is 0 Å². The van der Waals surface area contributed by atoms with Gasteiger partial charge in [0.25, 0.3) is 0 Å². The summed E-state index contributed by atoms with van der Waals surface area (Å²) < 4.78 is 5.87. The quantitative estimate of drug-likeness (QED) is 0.717. The highest BCUT2D eigenvalue weighted by Gasteiger charge is 2.11. The Morgan fingerprint density at radius 3 is 2.76 bits per heavy atom. The maximum atomic E-state index is 5.87. The molecule has 0 heterocycles. The molecule has 3 heteroatoms. The molecule has 1 unspecified atom stereocenters. The fraction of sp³-hybridized carbons (Fsp3) is 0.571. The zero-order valence-corrected chi connectivity index (χ0v) is 11.8. The van der Waals surface area contributed by atoms with E-state index in [1.54, 1.807) is 0 Å². The lowest BCUT2D eigenvalue weighted by Crippen LogP contribution is -2.16. The highest BCUT2D eigenvalue weighted by Crippen LogP contribution is 2.26. The van der Waals surface area contributed by atoms with Gasteiger partial charge in [-0.1, -0.05) is 25.1 Å². The second kappa shape index (κ2) is 8.43. The molecule has 0 saturated carbocycles. The van der Waals surface area contributed by atoms with E-state index in [0.29, 0.717) is 6.04 Å². The van der Waals surface area contributed by atoms with E-state index < -0.39 is 0 Å². The first kappa shape index (κ1) is 14.4. The average molecular weight is 253 g/mol. The Hall–Kier alpha value is -0.670. The van der Waals surface area contributed by atoms with Crippen LogP contribution in [0.2, 0.25) is 0 Å². The SMILES string of the molecule is CCC(NC)c1ccccc1OCCCSC. The van der Waals surface area contributed by atoms with Crippen LogP contribution in [0, 0.1) is 0 Å². The van der Waals surface area contributed by atoms with E-state index in [2.05, 4.69) is 36.7 Å². The van der Waals surface area contributed by atoms with Gasteiger partial charge in [0, 0.05) is 11.6 Å². The monoisotopic (exact) mass is 253 g/mol. The predicted octanol–water partition coefficient (Wildman–Crippen LogP) is 3.49. The van der Waals surface area contributed by atoms with Crippen molar-refractivity contribution in [2.24, 2.45) is 0 Å². The van der Waals surface area contributed by atoms with Crippen molar-refractivity contribution in [3.05, 3.63) is 29.8 Å². The number of benzene rings is 1. The smallest absolute Gasteiger partial charge is 0.124 e. The molecule has 0 amide bonds. The van der Waals surface area contributed by atoms with Crippen molar-refractivity contribution in [3.63, 3.8) is 0 Å². The number of nitrogens with one attached hydrogen (secondary N) is 1. The summed E-state index contributed by atoms with van der Waals surface area (Å²) in [4.78, 5) is 0. The van der Waals surface area contributed by atoms with Crippen molar-refractivity contribution < 1.29 is 4.74 Å². The van der Waals surface area contributed by atoms with Crippen molar-refractivity contribution in [2.45, 2.75) is 25.8 Å². The number of para-hydroxylation sites is 1. The normalized spacial score (nSPS) is 12.4. The molecule has 1 aromatic rings. The number of ether oxygens (including phenoxy) is 1. The molecule has 0 aliphatic carbocycles. The lowest BCUT2D eigenvalue weighted by molar-refractivity contribution is 0.311. The molecule has 0 bridgehead atoms. The fourth-order valence-electron chi connectivity index (χ4n) is 1.86. The predicted molar refractivity (Wildman–Crippen MR) is 77.0 cm³/mol. The third-order valence-corrected chi connectivity index (χ3v) is 3.50. The van der Waals surface area contributed by atoms with E-state index in [9.17, 15) is 0 Å². The van der Waals surface area contributed by atoms with E-state index in [4.69, 9.17) is 4.74 Å². The zero-order valence-electron chi connectivity index (χ0n) is 11.0. The number of thioether (sulfide) groups is 1. The van der Waals surface area contributed by atoms with Crippen LogP contribution in [0.25, 0.3) is 0 Å². The minimum absolute atomic E-state index is 0.381. The van der Waals surface area contributed by atoms with Crippen LogP contribution < -0.4 is 10.1 Å². The molecular weight excluding hydrogens is 230 g/mol. The fourth-order valence-corrected chi connectivity index (χ4v) is 2.27. The molecule has 2 nitrogen and oxygen atoms in total. The lowest BCUT2D eigenvalue weighted by Gasteiger charge is -2.18. The van der Waals surface area contributed by atoms with Gasteiger partial charge in [-0.2, -0.15) is 11.8 Å². The first-order chi connectivity index (χ1) is 8.33. The number of hydrogen-bond donors (Lipinski definition) is 1. The largest absolute Gasteiger partial charge is 0.493 e. The topological polar surface area (TPSA) is 21.3 Å². The zero-order chi connectivity index (χ0) is 12.5. The van der Waals surface area contributed by atoms with Gasteiger partial charge in [-0.05, 0) is 38.0 Å². The summed E-state index contributed by atoms with van der Waals surface area (Å²) in [6, 6.07) is 8.70. The average Bonchev–Trinajstić information content (AvgIpc) is 2.38. The third-order valence-electron chi connectivity index (χ3n) is 2.80. The molecule has 96 valence electrons. The summed E-state index contributed by atoms with van der Waals surface area (Å²) >= 11 is 1.86. The van der Waals surface area contributed by atoms with Gasteiger partial charge in [-0.15, -0.1) is 0 Å². The highest BCUT2D eigenvalue weighted by molar-refractivity contribution is 7.98. The second-order valence-electron chi connectivity index (χ2n) is 3.98. The summed E-state index contributed by atoms with van der Waals surface area (Å²) in [6.07, 6.45) is 4.30. The van der Waals surface area contributed by atoms with Crippen molar-refractivity contribution in [1.82, 2.24) is 5.32 Å². The minimum Gasteiger partial charge on any atom is -0.493 e. The van der Waals surface area contributed by atoms with Gasteiger partial charge in [0.05, 0.1) is 6.61 Å². The molecule has 0 aromatic heterocycles. The van der Waals surface area contributed by atoms with Gasteiger partial charge < -0.3 is 10.1 Å². The van der Waals surface area contributed by atoms with Gasteiger partial charge in [0.2, 0.25) is 0 Å². The maximum Gasteiger partial charge on any atom is 0.124 e. The van der Waals surface area contributed by atoms with Gasteiger partial charge >= 0.3 is 0 Å². The first-order valence-corrected chi connectivity index (χ1v) is 7.60. The van der Waals surface area contributed by atoms with Crippen LogP contribution in [0.5, 0.6) is 5.75 Å². The molecule has 1 atom stereocenters. The third kappa shape index (κ3) is 4.60. The van der Waals surface area contributed by atoms with E-state index in [0.717, 1.165) is 31.0 Å². The van der Waals surface area contributed by atoms with Crippen molar-refractivity contribution in [2.75, 3.05) is 25.7 Å². The van der Waals surface area contributed by atoms with Gasteiger partial charge in [-0.25, -0.2) is 0 Å². The number of hydrogen-bond acceptors (Lipinski definition) is 3. The Labute approximate surface area is 109 Å². The van der Waals surface area contributed by atoms with Crippen LogP contribution in [0.15, 0.2) is 24.3 Å². The van der Waals surface area contributed by atoms with E-state index in [-0.39, 0.29) is 0 Å². The lowest BCUT2D eigenvalue weighted by atomic mass is 10.0. The molecular formula is C14H23NOS. The minimum atomic E-state index is 0.381. The first-order valence-electron chi connectivity index (χ1n) is 6.21. The van der Waals surface area contributed by atoms with Crippen molar-refractivity contribution >= 4 is 11.8 Å². The van der Waals surface area contributed by atoms with Crippen molar-refractivity contribution in [1.29, 1.82) is 0 Å². The van der Waals surface area contributed by atoms with E-state index in [1.807, 2.05) is 24.9 Å². The van der Waals surface area contributed by atoms with Crippen LogP contribution in [-0.2, 0) is 0 Å². The molecule has 0 radical (unpaired) electrons. The molecule has 0 spiro atoms. The summed E-state index contributed by atoms with van der Waals surface area (Å²) in [7, 11) is 2.00. The van der Waals surface area contributed by atoms with Crippen LogP contribution in [0.3, 0.4) is 0 Å². The van der Waals surface area contributed by atoms with Crippen molar-refractivity contribution in [3.8, 4) is 5.75 Å². The molecule has 0 aliphatic rings. The van der Waals surface area contributed by atoms with Crippen LogP contribution in [0.4, 0.5) is 0 Å². The Balaban J connectivity index is 2.63. The molecule has 1 aromatic carbocycles. The molecule has 0 saturated heterocycles. The van der Waals surface area contributed by atoms with Crippen LogP contribution >= 0.6 is 11.8 Å². The molecule has 0 aliphatic heterocycles. The van der Waals surface area contributed by atoms with Gasteiger partial charge in [-0.3, -0.25) is 0 Å². The summed E-state index contributed by atoms with van der Waals surface area (Å²) in [5, 5.41) is 3.33. The van der Waals surface area contributed by atoms with Gasteiger partial charge in [0.1, 0.15) is 5.75 Å². The Morgan fingerprint density at radius 2 is 2.12 bits per heavy atom. The summed E-state index contributed by atoms with van der Waals surface area (Å²) in [5.74, 6) is 2.18. The second-order valence-corrected chi connectivity index (χ2v) is 4.97. The summed E-state index contributed by atoms with van der Waals surface area (Å²) in [6.45, 7) is 2.99. The standard InChI is InChI=1S/C14H23NOS/c1-4-13(15-2)12-8-5-6-9-14(12)16-10-7-11-17-3/h5-6,8-9,13,15H,4,7,10-11H2,1-3H3. The van der Waals surface area contributed by atoms with Crippen LogP contribution in [0.1, 0.15) is 31.4 Å². The Morgan fingerprint density at radius 1 is 1.35 bits per heavy atom. The molecule has 1 rings (SSSR count). The molecule has 17 heavy (non-hydrogen) atoms. The summed E-state index contributed by atoms with van der Waals surface area (Å²) in [5.41, 5.74) is 1.27. The maximum absolute atomic E-state index is 5.87. The van der Waals surface area contributed by atoms with E-state index in [1.165, 1.54) is 5.56 Å². The Kier molecular flexibility index (Phi) is 7.13. The Bertz CT molecular complexity index is 313. The van der Waals surface area contributed by atoms with Gasteiger partial charge in [0.15, 0.2) is 0 Å². The molecule has 1 N–H and O–H groups in total.